The summed E-state index contributed by atoms with van der Waals surface area (Å²) in [5.41, 5.74) is 10.5. The standard InChI is InChI=1S/C24H30N6O2/c1-17-14-18(2)30(29-17)22-7-5-4-6-20(22)15-28-24(26-3)27-13-12-19-8-10-21(11-9-19)32-16-23(25)31/h4-11,14H,12-13,15-16H2,1-3H3,(H2,25,31)(H2,26,27,28). The van der Waals surface area contributed by atoms with Crippen LogP contribution in [0.1, 0.15) is 22.5 Å². The highest BCUT2D eigenvalue weighted by molar-refractivity contribution is 5.79. The van der Waals surface area contributed by atoms with Gasteiger partial charge in [0, 0.05) is 25.8 Å². The second-order valence-electron chi connectivity index (χ2n) is 7.47. The number of aryl methyl sites for hydroxylation is 2. The molecule has 2 aromatic carbocycles. The number of nitrogens with one attached hydrogen (secondary N) is 2. The Morgan fingerprint density at radius 1 is 1.12 bits per heavy atom. The maximum atomic E-state index is 10.8. The van der Waals surface area contributed by atoms with Crippen molar-refractivity contribution in [2.24, 2.45) is 10.7 Å². The average Bonchev–Trinajstić information content (AvgIpc) is 3.13. The lowest BCUT2D eigenvalue weighted by Gasteiger charge is -2.15. The normalized spacial score (nSPS) is 11.3. The van der Waals surface area contributed by atoms with Gasteiger partial charge >= 0.3 is 0 Å². The van der Waals surface area contributed by atoms with Crippen molar-refractivity contribution in [1.29, 1.82) is 0 Å². The van der Waals surface area contributed by atoms with Crippen LogP contribution in [0.15, 0.2) is 59.6 Å². The second-order valence-corrected chi connectivity index (χ2v) is 7.47. The Balaban J connectivity index is 1.52. The molecular weight excluding hydrogens is 404 g/mol. The van der Waals surface area contributed by atoms with Crippen LogP contribution < -0.4 is 21.1 Å². The third kappa shape index (κ3) is 6.34. The number of aliphatic imine (C=N–C) groups is 1. The summed E-state index contributed by atoms with van der Waals surface area (Å²) in [5, 5.41) is 11.3. The van der Waals surface area contributed by atoms with Gasteiger partial charge in [0.25, 0.3) is 5.91 Å². The van der Waals surface area contributed by atoms with Crippen LogP contribution in [-0.4, -0.2) is 41.8 Å². The maximum Gasteiger partial charge on any atom is 0.255 e. The number of rotatable bonds is 9. The van der Waals surface area contributed by atoms with E-state index in [4.69, 9.17) is 10.5 Å². The zero-order chi connectivity index (χ0) is 22.9. The van der Waals surface area contributed by atoms with Gasteiger partial charge in [0.2, 0.25) is 0 Å². The highest BCUT2D eigenvalue weighted by Crippen LogP contribution is 2.17. The van der Waals surface area contributed by atoms with Crippen LogP contribution in [0, 0.1) is 13.8 Å². The van der Waals surface area contributed by atoms with Crippen LogP contribution in [0.25, 0.3) is 5.69 Å². The fraction of sp³-hybridized carbons (Fsp3) is 0.292. The molecule has 0 spiro atoms. The topological polar surface area (TPSA) is 107 Å². The van der Waals surface area contributed by atoms with E-state index in [2.05, 4.69) is 45.8 Å². The van der Waals surface area contributed by atoms with Crippen LogP contribution in [0.3, 0.4) is 0 Å². The number of guanidine groups is 1. The van der Waals surface area contributed by atoms with Gasteiger partial charge in [-0.25, -0.2) is 4.68 Å². The zero-order valence-corrected chi connectivity index (χ0v) is 18.8. The Labute approximate surface area is 188 Å². The van der Waals surface area contributed by atoms with E-state index in [1.165, 1.54) is 0 Å². The third-order valence-electron chi connectivity index (χ3n) is 4.91. The predicted molar refractivity (Wildman–Crippen MR) is 126 cm³/mol. The Bertz CT molecular complexity index is 1070. The second kappa shape index (κ2) is 11.0. The highest BCUT2D eigenvalue weighted by atomic mass is 16.5. The minimum absolute atomic E-state index is 0.119. The van der Waals surface area contributed by atoms with Gasteiger partial charge in [-0.15, -0.1) is 0 Å². The first-order chi connectivity index (χ1) is 15.5. The summed E-state index contributed by atoms with van der Waals surface area (Å²) in [5.74, 6) is 0.864. The van der Waals surface area contributed by atoms with E-state index in [1.807, 2.05) is 48.0 Å². The molecule has 3 rings (SSSR count). The first-order valence-electron chi connectivity index (χ1n) is 10.5. The number of amides is 1. The monoisotopic (exact) mass is 434 g/mol. The summed E-state index contributed by atoms with van der Waals surface area (Å²) in [7, 11) is 1.76. The van der Waals surface area contributed by atoms with E-state index in [9.17, 15) is 4.79 Å². The summed E-state index contributed by atoms with van der Waals surface area (Å²) in [6.07, 6.45) is 0.819. The lowest BCUT2D eigenvalue weighted by atomic mass is 10.1. The van der Waals surface area contributed by atoms with Crippen molar-refractivity contribution < 1.29 is 9.53 Å². The number of carbonyl (C=O) groups is 1. The summed E-state index contributed by atoms with van der Waals surface area (Å²) < 4.78 is 7.25. The molecule has 0 saturated heterocycles. The van der Waals surface area contributed by atoms with Crippen LogP contribution >= 0.6 is 0 Å². The molecule has 0 radical (unpaired) electrons. The molecule has 0 saturated carbocycles. The summed E-state index contributed by atoms with van der Waals surface area (Å²) in [6.45, 7) is 5.28. The Morgan fingerprint density at radius 3 is 2.53 bits per heavy atom. The summed E-state index contributed by atoms with van der Waals surface area (Å²) >= 11 is 0. The number of aromatic nitrogens is 2. The van der Waals surface area contributed by atoms with Crippen molar-refractivity contribution in [3.05, 3.63) is 77.1 Å². The molecule has 4 N–H and O–H groups in total. The average molecular weight is 435 g/mol. The van der Waals surface area contributed by atoms with E-state index >= 15 is 0 Å². The molecule has 0 aliphatic carbocycles. The molecule has 168 valence electrons. The molecule has 1 amide bonds. The smallest absolute Gasteiger partial charge is 0.255 e. The fourth-order valence-corrected chi connectivity index (χ4v) is 3.37. The highest BCUT2D eigenvalue weighted by Gasteiger charge is 2.09. The fourth-order valence-electron chi connectivity index (χ4n) is 3.37. The molecule has 8 heteroatoms. The molecule has 1 aromatic heterocycles. The Kier molecular flexibility index (Phi) is 7.85. The maximum absolute atomic E-state index is 10.8. The molecule has 8 nitrogen and oxygen atoms in total. The van der Waals surface area contributed by atoms with Crippen molar-refractivity contribution in [3.63, 3.8) is 0 Å². The summed E-state index contributed by atoms with van der Waals surface area (Å²) in [4.78, 5) is 15.1. The van der Waals surface area contributed by atoms with E-state index in [-0.39, 0.29) is 6.61 Å². The number of nitrogens with two attached hydrogens (primary N) is 1. The van der Waals surface area contributed by atoms with Crippen molar-refractivity contribution in [3.8, 4) is 11.4 Å². The van der Waals surface area contributed by atoms with Gasteiger partial charge in [0.05, 0.1) is 11.4 Å². The quantitative estimate of drug-likeness (QED) is 0.354. The van der Waals surface area contributed by atoms with Crippen LogP contribution in [-0.2, 0) is 17.8 Å². The predicted octanol–water partition coefficient (Wildman–Crippen LogP) is 2.26. The molecule has 1 heterocycles. The van der Waals surface area contributed by atoms with E-state index in [0.29, 0.717) is 12.3 Å². The molecule has 0 bridgehead atoms. The number of nitrogens with zero attached hydrogens (tertiary/aromatic N) is 3. The van der Waals surface area contributed by atoms with Crippen molar-refractivity contribution in [2.75, 3.05) is 20.2 Å². The lowest BCUT2D eigenvalue weighted by molar-refractivity contribution is -0.119. The van der Waals surface area contributed by atoms with Gasteiger partial charge in [0.1, 0.15) is 5.75 Å². The molecular formula is C24H30N6O2. The Hall–Kier alpha value is -3.81. The minimum atomic E-state index is -0.491. The first-order valence-corrected chi connectivity index (χ1v) is 10.5. The zero-order valence-electron chi connectivity index (χ0n) is 18.8. The molecule has 3 aromatic rings. The van der Waals surface area contributed by atoms with Gasteiger partial charge in [-0.2, -0.15) is 5.10 Å². The summed E-state index contributed by atoms with van der Waals surface area (Å²) in [6, 6.07) is 17.9. The molecule has 0 fully saturated rings. The third-order valence-corrected chi connectivity index (χ3v) is 4.91. The number of primary amides is 1. The number of ether oxygens (including phenoxy) is 1. The number of benzene rings is 2. The van der Waals surface area contributed by atoms with Gasteiger partial charge in [-0.3, -0.25) is 9.79 Å². The number of hydrogen-bond acceptors (Lipinski definition) is 4. The molecule has 32 heavy (non-hydrogen) atoms. The largest absolute Gasteiger partial charge is 0.484 e. The molecule has 0 unspecified atom stereocenters. The minimum Gasteiger partial charge on any atom is -0.484 e. The van der Waals surface area contributed by atoms with E-state index in [0.717, 1.165) is 47.1 Å². The van der Waals surface area contributed by atoms with Crippen LogP contribution in [0.5, 0.6) is 5.75 Å². The van der Waals surface area contributed by atoms with Gasteiger partial charge < -0.3 is 21.1 Å². The number of para-hydroxylation sites is 1. The van der Waals surface area contributed by atoms with E-state index in [1.54, 1.807) is 7.05 Å². The van der Waals surface area contributed by atoms with Gasteiger partial charge in [-0.05, 0) is 55.7 Å². The van der Waals surface area contributed by atoms with Gasteiger partial charge in [-0.1, -0.05) is 30.3 Å². The number of carbonyl (C=O) groups excluding carboxylic acids is 1. The Morgan fingerprint density at radius 2 is 1.88 bits per heavy atom. The van der Waals surface area contributed by atoms with Crippen molar-refractivity contribution >= 4 is 11.9 Å². The van der Waals surface area contributed by atoms with Crippen molar-refractivity contribution in [2.45, 2.75) is 26.8 Å². The lowest BCUT2D eigenvalue weighted by Crippen LogP contribution is -2.38. The molecule has 0 aliphatic heterocycles. The van der Waals surface area contributed by atoms with Gasteiger partial charge in [0.15, 0.2) is 12.6 Å². The number of hydrogen-bond donors (Lipinski definition) is 3. The van der Waals surface area contributed by atoms with Crippen molar-refractivity contribution in [1.82, 2.24) is 20.4 Å². The van der Waals surface area contributed by atoms with E-state index < -0.39 is 5.91 Å². The SMILES string of the molecule is CN=C(NCCc1ccc(OCC(N)=O)cc1)NCc1ccccc1-n1nc(C)cc1C. The first kappa shape index (κ1) is 22.9. The van der Waals surface area contributed by atoms with Crippen LogP contribution in [0.4, 0.5) is 0 Å². The molecule has 0 aliphatic rings. The van der Waals surface area contributed by atoms with Crippen LogP contribution in [0.2, 0.25) is 0 Å². The molecule has 0 atom stereocenters.